The first-order valence-corrected chi connectivity index (χ1v) is 11.2. The molecule has 4 rings (SSSR count). The Morgan fingerprint density at radius 2 is 1.94 bits per heavy atom. The third kappa shape index (κ3) is 4.90. The SMILES string of the molecule is COCCOc1ccc2c(Nc3ccc(C)cc3F)c(C(N)=O)cnc2c1N1CCN(C)CC1. The molecule has 2 heterocycles. The lowest BCUT2D eigenvalue weighted by Gasteiger charge is -2.35. The number of amides is 1. The first-order valence-electron chi connectivity index (χ1n) is 11.2. The summed E-state index contributed by atoms with van der Waals surface area (Å²) in [7, 11) is 3.71. The fourth-order valence-corrected chi connectivity index (χ4v) is 4.10. The van der Waals surface area contributed by atoms with Gasteiger partial charge in [-0.25, -0.2) is 4.39 Å². The number of rotatable bonds is 8. The maximum absolute atomic E-state index is 14.7. The molecule has 0 saturated carbocycles. The smallest absolute Gasteiger partial charge is 0.252 e. The Morgan fingerprint density at radius 1 is 1.18 bits per heavy atom. The van der Waals surface area contributed by atoms with Gasteiger partial charge in [0.2, 0.25) is 0 Å². The van der Waals surface area contributed by atoms with Gasteiger partial charge in [0.15, 0.2) is 0 Å². The van der Waals surface area contributed by atoms with Gasteiger partial charge in [-0.15, -0.1) is 0 Å². The van der Waals surface area contributed by atoms with Crippen LogP contribution < -0.4 is 20.7 Å². The second kappa shape index (κ2) is 10.2. The Kier molecular flexibility index (Phi) is 7.14. The minimum absolute atomic E-state index is 0.185. The Hall–Kier alpha value is -3.43. The molecule has 0 spiro atoms. The summed E-state index contributed by atoms with van der Waals surface area (Å²) in [5, 5.41) is 3.75. The molecule has 180 valence electrons. The molecule has 8 nitrogen and oxygen atoms in total. The van der Waals surface area contributed by atoms with Crippen LogP contribution >= 0.6 is 0 Å². The molecule has 0 unspecified atom stereocenters. The molecule has 2 aromatic carbocycles. The number of pyridine rings is 1. The molecule has 34 heavy (non-hydrogen) atoms. The van der Waals surface area contributed by atoms with Crippen molar-refractivity contribution in [1.82, 2.24) is 9.88 Å². The zero-order valence-electron chi connectivity index (χ0n) is 19.7. The number of ether oxygens (including phenoxy) is 2. The average molecular weight is 468 g/mol. The van der Waals surface area contributed by atoms with Gasteiger partial charge in [0, 0.05) is 44.9 Å². The number of methoxy groups -OCH3 is 1. The van der Waals surface area contributed by atoms with E-state index in [1.165, 1.54) is 12.3 Å². The van der Waals surface area contributed by atoms with Crippen LogP contribution in [0.3, 0.4) is 0 Å². The van der Waals surface area contributed by atoms with Crippen LogP contribution in [0.15, 0.2) is 36.5 Å². The number of anilines is 3. The summed E-state index contributed by atoms with van der Waals surface area (Å²) in [4.78, 5) is 21.4. The molecule has 1 amide bonds. The summed E-state index contributed by atoms with van der Waals surface area (Å²) in [6.45, 7) is 6.04. The van der Waals surface area contributed by atoms with Gasteiger partial charge in [0.05, 0.1) is 29.1 Å². The molecule has 1 fully saturated rings. The van der Waals surface area contributed by atoms with Crippen LogP contribution in [0.25, 0.3) is 10.9 Å². The highest BCUT2D eigenvalue weighted by atomic mass is 19.1. The number of benzene rings is 2. The van der Waals surface area contributed by atoms with E-state index in [0.717, 1.165) is 37.4 Å². The number of aryl methyl sites for hydroxylation is 1. The lowest BCUT2D eigenvalue weighted by atomic mass is 10.0. The van der Waals surface area contributed by atoms with Crippen molar-refractivity contribution in [3.63, 3.8) is 0 Å². The van der Waals surface area contributed by atoms with Gasteiger partial charge >= 0.3 is 0 Å². The predicted molar refractivity (Wildman–Crippen MR) is 132 cm³/mol. The number of halogens is 1. The van der Waals surface area contributed by atoms with Crippen LogP contribution in [0.2, 0.25) is 0 Å². The van der Waals surface area contributed by atoms with E-state index in [1.807, 2.05) is 19.1 Å². The number of nitrogens with one attached hydrogen (secondary N) is 1. The van der Waals surface area contributed by atoms with E-state index in [1.54, 1.807) is 19.2 Å². The minimum Gasteiger partial charge on any atom is -0.489 e. The number of nitrogens with two attached hydrogens (primary N) is 1. The van der Waals surface area contributed by atoms with Crippen molar-refractivity contribution in [3.05, 3.63) is 53.5 Å². The van der Waals surface area contributed by atoms with Crippen LogP contribution in [0, 0.1) is 12.7 Å². The monoisotopic (exact) mass is 467 g/mol. The predicted octanol–water partition coefficient (Wildman–Crippen LogP) is 3.30. The molecule has 0 bridgehead atoms. The second-order valence-electron chi connectivity index (χ2n) is 8.46. The topological polar surface area (TPSA) is 93.0 Å². The zero-order chi connectivity index (χ0) is 24.2. The summed E-state index contributed by atoms with van der Waals surface area (Å²) in [5.41, 5.74) is 8.80. The van der Waals surface area contributed by atoms with Gasteiger partial charge in [-0.05, 0) is 43.8 Å². The quantitative estimate of drug-likeness (QED) is 0.491. The van der Waals surface area contributed by atoms with Crippen LogP contribution in [-0.4, -0.2) is 69.3 Å². The maximum Gasteiger partial charge on any atom is 0.252 e. The molecule has 3 N–H and O–H groups in total. The van der Waals surface area contributed by atoms with Crippen molar-refractivity contribution in [2.24, 2.45) is 5.73 Å². The first kappa shape index (κ1) is 23.7. The Labute approximate surface area is 198 Å². The van der Waals surface area contributed by atoms with Gasteiger partial charge in [-0.1, -0.05) is 6.07 Å². The molecule has 1 aromatic heterocycles. The first-order chi connectivity index (χ1) is 16.4. The summed E-state index contributed by atoms with van der Waals surface area (Å²) in [6, 6.07) is 8.56. The largest absolute Gasteiger partial charge is 0.489 e. The molecule has 0 atom stereocenters. The highest BCUT2D eigenvalue weighted by Gasteiger charge is 2.24. The third-order valence-electron chi connectivity index (χ3n) is 5.99. The van der Waals surface area contributed by atoms with Gasteiger partial charge in [-0.2, -0.15) is 0 Å². The van der Waals surface area contributed by atoms with E-state index < -0.39 is 11.7 Å². The second-order valence-corrected chi connectivity index (χ2v) is 8.46. The molecule has 0 aliphatic carbocycles. The van der Waals surface area contributed by atoms with E-state index in [2.05, 4.69) is 27.1 Å². The number of aromatic nitrogens is 1. The van der Waals surface area contributed by atoms with E-state index in [4.69, 9.17) is 15.2 Å². The number of hydrogen-bond acceptors (Lipinski definition) is 7. The normalized spacial score (nSPS) is 14.4. The van der Waals surface area contributed by atoms with Gasteiger partial charge < -0.3 is 30.3 Å². The summed E-state index contributed by atoms with van der Waals surface area (Å²) < 4.78 is 25.9. The number of fused-ring (bicyclic) bond motifs is 1. The molecule has 1 saturated heterocycles. The summed E-state index contributed by atoms with van der Waals surface area (Å²) in [5.74, 6) is -0.383. The highest BCUT2D eigenvalue weighted by molar-refractivity contribution is 6.10. The number of carbonyl (C=O) groups excluding carboxylic acids is 1. The molecule has 1 aliphatic heterocycles. The Morgan fingerprint density at radius 3 is 2.62 bits per heavy atom. The minimum atomic E-state index is -0.647. The molecular weight excluding hydrogens is 437 g/mol. The van der Waals surface area contributed by atoms with Crippen molar-refractivity contribution < 1.29 is 18.7 Å². The van der Waals surface area contributed by atoms with Crippen LogP contribution in [0.5, 0.6) is 5.75 Å². The van der Waals surface area contributed by atoms with E-state index >= 15 is 0 Å². The third-order valence-corrected chi connectivity index (χ3v) is 5.99. The number of piperazine rings is 1. The van der Waals surface area contributed by atoms with Crippen molar-refractivity contribution in [2.75, 3.05) is 63.8 Å². The number of hydrogen-bond donors (Lipinski definition) is 2. The van der Waals surface area contributed by atoms with Crippen molar-refractivity contribution in [3.8, 4) is 5.75 Å². The summed E-state index contributed by atoms with van der Waals surface area (Å²) >= 11 is 0. The lowest BCUT2D eigenvalue weighted by molar-refractivity contribution is 0.100. The van der Waals surface area contributed by atoms with Crippen molar-refractivity contribution in [1.29, 1.82) is 0 Å². The van der Waals surface area contributed by atoms with Crippen LogP contribution in [-0.2, 0) is 4.74 Å². The average Bonchev–Trinajstić information content (AvgIpc) is 2.81. The number of likely N-dealkylation sites (N-methyl/N-ethyl adjacent to an activating group) is 1. The van der Waals surface area contributed by atoms with Gasteiger partial charge in [-0.3, -0.25) is 9.78 Å². The van der Waals surface area contributed by atoms with E-state index in [0.29, 0.717) is 35.6 Å². The number of carbonyl (C=O) groups is 1. The Balaban J connectivity index is 1.87. The fraction of sp³-hybridized carbons (Fsp3) is 0.360. The maximum atomic E-state index is 14.7. The standard InChI is InChI=1S/C25H30FN5O3/c1-16-4-6-20(19(26)14-16)29-22-17-5-7-21(34-13-12-33-3)24(31-10-8-30(2)9-11-31)23(17)28-15-18(22)25(27)32/h4-7,14-15H,8-13H2,1-3H3,(H2,27,32)(H,28,29). The van der Waals surface area contributed by atoms with Crippen molar-refractivity contribution >= 4 is 33.9 Å². The summed E-state index contributed by atoms with van der Waals surface area (Å²) in [6.07, 6.45) is 1.44. The van der Waals surface area contributed by atoms with Gasteiger partial charge in [0.25, 0.3) is 5.91 Å². The molecular formula is C25H30FN5O3. The molecule has 1 aliphatic rings. The van der Waals surface area contributed by atoms with Crippen LogP contribution in [0.1, 0.15) is 15.9 Å². The fourth-order valence-electron chi connectivity index (χ4n) is 4.10. The number of primary amides is 1. The number of nitrogens with zero attached hydrogens (tertiary/aromatic N) is 3. The van der Waals surface area contributed by atoms with Crippen molar-refractivity contribution in [2.45, 2.75) is 6.92 Å². The Bertz CT molecular complexity index is 1190. The molecule has 0 radical (unpaired) electrons. The zero-order valence-corrected chi connectivity index (χ0v) is 19.7. The van der Waals surface area contributed by atoms with Crippen LogP contribution in [0.4, 0.5) is 21.5 Å². The molecule has 9 heteroatoms. The van der Waals surface area contributed by atoms with E-state index in [9.17, 15) is 9.18 Å². The highest BCUT2D eigenvalue weighted by Crippen LogP contribution is 2.40. The molecule has 3 aromatic rings. The lowest BCUT2D eigenvalue weighted by Crippen LogP contribution is -2.44. The van der Waals surface area contributed by atoms with E-state index in [-0.39, 0.29) is 11.3 Å². The van der Waals surface area contributed by atoms with Gasteiger partial charge in [0.1, 0.15) is 23.9 Å².